The highest BCUT2D eigenvalue weighted by atomic mass is 16.5. The lowest BCUT2D eigenvalue weighted by Crippen LogP contribution is -2.39. The van der Waals surface area contributed by atoms with E-state index >= 15 is 0 Å². The number of H-pyrrole nitrogens is 1. The fourth-order valence-corrected chi connectivity index (χ4v) is 2.40. The molecule has 0 radical (unpaired) electrons. The van der Waals surface area contributed by atoms with Gasteiger partial charge in [-0.3, -0.25) is 4.79 Å². The molecule has 0 spiro atoms. The largest absolute Gasteiger partial charge is 0.493 e. The van der Waals surface area contributed by atoms with Gasteiger partial charge in [-0.05, 0) is 18.2 Å². The fourth-order valence-electron chi connectivity index (χ4n) is 2.40. The molecule has 0 fully saturated rings. The Hall–Kier alpha value is -2.27. The third-order valence-electron chi connectivity index (χ3n) is 3.46. The number of aliphatic hydroxyl groups is 1. The number of amides is 1. The molecular weight excluding hydrogens is 256 g/mol. The van der Waals surface area contributed by atoms with Crippen molar-refractivity contribution < 1.29 is 14.6 Å². The van der Waals surface area contributed by atoms with E-state index in [-0.39, 0.29) is 11.9 Å². The summed E-state index contributed by atoms with van der Waals surface area (Å²) in [7, 11) is 0. The number of aliphatic hydroxyl groups excluding tert-OH is 1. The average Bonchev–Trinajstić information content (AvgIpc) is 2.95. The van der Waals surface area contributed by atoms with E-state index in [1.165, 1.54) is 0 Å². The second kappa shape index (κ2) is 5.38. The average molecular weight is 272 g/mol. The maximum atomic E-state index is 12.0. The van der Waals surface area contributed by atoms with Gasteiger partial charge in [0.05, 0.1) is 12.6 Å². The second-order valence-electron chi connectivity index (χ2n) is 4.78. The van der Waals surface area contributed by atoms with Crippen molar-refractivity contribution in [3.05, 3.63) is 53.9 Å². The van der Waals surface area contributed by atoms with Crippen molar-refractivity contribution in [3.8, 4) is 5.75 Å². The van der Waals surface area contributed by atoms with Crippen LogP contribution in [-0.4, -0.2) is 28.6 Å². The van der Waals surface area contributed by atoms with Crippen LogP contribution in [0.2, 0.25) is 0 Å². The van der Waals surface area contributed by atoms with Crippen molar-refractivity contribution in [2.75, 3.05) is 6.61 Å². The number of hydrogen-bond donors (Lipinski definition) is 3. The van der Waals surface area contributed by atoms with Gasteiger partial charge in [0.15, 0.2) is 0 Å². The summed E-state index contributed by atoms with van der Waals surface area (Å²) in [4.78, 5) is 14.9. The number of para-hydroxylation sites is 1. The highest BCUT2D eigenvalue weighted by Crippen LogP contribution is 2.31. The fraction of sp³-hybridized carbons (Fsp3) is 0.267. The van der Waals surface area contributed by atoms with Crippen LogP contribution in [0.1, 0.15) is 28.6 Å². The van der Waals surface area contributed by atoms with Crippen LogP contribution >= 0.6 is 0 Å². The summed E-state index contributed by atoms with van der Waals surface area (Å²) in [6.07, 6.45) is 1.48. The van der Waals surface area contributed by atoms with Gasteiger partial charge in [0.1, 0.15) is 17.5 Å². The molecule has 0 aliphatic carbocycles. The first-order valence-corrected chi connectivity index (χ1v) is 6.60. The highest BCUT2D eigenvalue weighted by molar-refractivity contribution is 5.92. The molecular formula is C15H16N2O3. The van der Waals surface area contributed by atoms with Crippen LogP contribution in [0.15, 0.2) is 42.6 Å². The molecule has 1 aromatic carbocycles. The smallest absolute Gasteiger partial charge is 0.268 e. The minimum atomic E-state index is -0.771. The molecule has 2 aromatic rings. The van der Waals surface area contributed by atoms with Crippen LogP contribution < -0.4 is 10.1 Å². The number of fused-ring (bicyclic) bond motifs is 1. The summed E-state index contributed by atoms with van der Waals surface area (Å²) >= 11 is 0. The molecule has 1 aliphatic rings. The van der Waals surface area contributed by atoms with Crippen LogP contribution in [0.25, 0.3) is 0 Å². The lowest BCUT2D eigenvalue weighted by atomic mass is 10.00. The summed E-state index contributed by atoms with van der Waals surface area (Å²) in [5.74, 6) is 0.454. The SMILES string of the molecule is O=C(NC1CCOc2ccccc2C1O)c1ccc[nH]1. The quantitative estimate of drug-likeness (QED) is 0.778. The van der Waals surface area contributed by atoms with Gasteiger partial charge < -0.3 is 20.1 Å². The molecule has 0 bridgehead atoms. The van der Waals surface area contributed by atoms with E-state index in [9.17, 15) is 9.90 Å². The number of aromatic nitrogens is 1. The van der Waals surface area contributed by atoms with Crippen molar-refractivity contribution in [1.82, 2.24) is 10.3 Å². The van der Waals surface area contributed by atoms with Crippen molar-refractivity contribution in [1.29, 1.82) is 0 Å². The zero-order chi connectivity index (χ0) is 13.9. The van der Waals surface area contributed by atoms with Crippen LogP contribution in [-0.2, 0) is 0 Å². The Labute approximate surface area is 116 Å². The molecule has 1 aliphatic heterocycles. The second-order valence-corrected chi connectivity index (χ2v) is 4.78. The molecule has 3 rings (SSSR count). The summed E-state index contributed by atoms with van der Waals surface area (Å²) in [5.41, 5.74) is 1.19. The van der Waals surface area contributed by atoms with Crippen LogP contribution in [0.4, 0.5) is 0 Å². The Balaban J connectivity index is 1.79. The number of rotatable bonds is 2. The van der Waals surface area contributed by atoms with E-state index in [0.29, 0.717) is 30.0 Å². The molecule has 1 amide bonds. The monoisotopic (exact) mass is 272 g/mol. The van der Waals surface area contributed by atoms with Gasteiger partial charge in [0.25, 0.3) is 5.91 Å². The van der Waals surface area contributed by atoms with Gasteiger partial charge in [-0.25, -0.2) is 0 Å². The van der Waals surface area contributed by atoms with E-state index in [2.05, 4.69) is 10.3 Å². The van der Waals surface area contributed by atoms with E-state index in [1.807, 2.05) is 24.3 Å². The van der Waals surface area contributed by atoms with Crippen molar-refractivity contribution >= 4 is 5.91 Å². The molecule has 5 nitrogen and oxygen atoms in total. The van der Waals surface area contributed by atoms with E-state index in [0.717, 1.165) is 0 Å². The number of aromatic amines is 1. The summed E-state index contributed by atoms with van der Waals surface area (Å²) in [6.45, 7) is 0.462. The first-order valence-electron chi connectivity index (χ1n) is 6.60. The van der Waals surface area contributed by atoms with E-state index in [4.69, 9.17) is 4.74 Å². The van der Waals surface area contributed by atoms with Crippen molar-refractivity contribution in [2.45, 2.75) is 18.6 Å². The van der Waals surface area contributed by atoms with Gasteiger partial charge in [-0.2, -0.15) is 0 Å². The van der Waals surface area contributed by atoms with Gasteiger partial charge >= 0.3 is 0 Å². The number of hydrogen-bond acceptors (Lipinski definition) is 3. The normalized spacial score (nSPS) is 21.4. The minimum absolute atomic E-state index is 0.224. The molecule has 3 N–H and O–H groups in total. The Bertz CT molecular complexity index is 595. The molecule has 0 saturated carbocycles. The topological polar surface area (TPSA) is 74.3 Å². The maximum absolute atomic E-state index is 12.0. The number of ether oxygens (including phenoxy) is 1. The Morgan fingerprint density at radius 1 is 1.30 bits per heavy atom. The molecule has 2 unspecified atom stereocenters. The standard InChI is InChI=1S/C15H16N2O3/c18-14-10-4-1-2-6-13(10)20-9-7-11(14)17-15(19)12-5-3-8-16-12/h1-6,8,11,14,16,18H,7,9H2,(H,17,19). The molecule has 20 heavy (non-hydrogen) atoms. The third-order valence-corrected chi connectivity index (χ3v) is 3.46. The highest BCUT2D eigenvalue weighted by Gasteiger charge is 2.28. The lowest BCUT2D eigenvalue weighted by molar-refractivity contribution is 0.0820. The number of carbonyl (C=O) groups is 1. The zero-order valence-corrected chi connectivity index (χ0v) is 10.9. The maximum Gasteiger partial charge on any atom is 0.268 e. The van der Waals surface area contributed by atoms with E-state index < -0.39 is 6.10 Å². The number of carbonyl (C=O) groups excluding carboxylic acids is 1. The van der Waals surface area contributed by atoms with Gasteiger partial charge in [0, 0.05) is 18.2 Å². The van der Waals surface area contributed by atoms with Gasteiger partial charge in [-0.15, -0.1) is 0 Å². The van der Waals surface area contributed by atoms with E-state index in [1.54, 1.807) is 18.3 Å². The predicted molar refractivity (Wildman–Crippen MR) is 73.6 cm³/mol. The lowest BCUT2D eigenvalue weighted by Gasteiger charge is -2.21. The molecule has 5 heteroatoms. The first-order chi connectivity index (χ1) is 9.75. The zero-order valence-electron chi connectivity index (χ0n) is 10.9. The van der Waals surface area contributed by atoms with Crippen LogP contribution in [0.5, 0.6) is 5.75 Å². The van der Waals surface area contributed by atoms with Crippen molar-refractivity contribution in [3.63, 3.8) is 0 Å². The molecule has 2 atom stereocenters. The third kappa shape index (κ3) is 2.40. The van der Waals surface area contributed by atoms with Crippen LogP contribution in [0.3, 0.4) is 0 Å². The molecule has 0 saturated heterocycles. The Kier molecular flexibility index (Phi) is 3.43. The Morgan fingerprint density at radius 3 is 2.95 bits per heavy atom. The van der Waals surface area contributed by atoms with Gasteiger partial charge in [-0.1, -0.05) is 18.2 Å². The first kappa shape index (κ1) is 12.7. The summed E-state index contributed by atoms with van der Waals surface area (Å²) in [6, 6.07) is 10.4. The summed E-state index contributed by atoms with van der Waals surface area (Å²) < 4.78 is 5.60. The summed E-state index contributed by atoms with van der Waals surface area (Å²) in [5, 5.41) is 13.3. The minimum Gasteiger partial charge on any atom is -0.493 e. The predicted octanol–water partition coefficient (Wildman–Crippen LogP) is 1.63. The number of nitrogens with one attached hydrogen (secondary N) is 2. The Morgan fingerprint density at radius 2 is 2.15 bits per heavy atom. The molecule has 2 heterocycles. The molecule has 1 aromatic heterocycles. The molecule has 104 valence electrons. The van der Waals surface area contributed by atoms with Crippen LogP contribution in [0, 0.1) is 0 Å². The van der Waals surface area contributed by atoms with Crippen molar-refractivity contribution in [2.24, 2.45) is 0 Å². The van der Waals surface area contributed by atoms with Gasteiger partial charge in [0.2, 0.25) is 0 Å². The number of benzene rings is 1.